The van der Waals surface area contributed by atoms with Gasteiger partial charge < -0.3 is 0 Å². The van der Waals surface area contributed by atoms with Crippen LogP contribution < -0.4 is 0 Å². The van der Waals surface area contributed by atoms with Crippen molar-refractivity contribution >= 4 is 0 Å². The summed E-state index contributed by atoms with van der Waals surface area (Å²) in [6, 6.07) is 0. The first kappa shape index (κ1) is 17.0. The molecule has 0 fully saturated rings. The van der Waals surface area contributed by atoms with Gasteiger partial charge in [0.1, 0.15) is 0 Å². The molecule has 0 aromatic rings. The Bertz CT molecular complexity index is 300. The highest BCUT2D eigenvalue weighted by Crippen LogP contribution is 2.17. The van der Waals surface area contributed by atoms with Gasteiger partial charge in [0.25, 0.3) is 0 Å². The maximum Gasteiger partial charge on any atom is -0.0231 e. The molecule has 0 aromatic carbocycles. The molecule has 0 aliphatic heterocycles. The van der Waals surface area contributed by atoms with Crippen molar-refractivity contribution in [3.63, 3.8) is 0 Å². The molecule has 0 aliphatic carbocycles. The first-order chi connectivity index (χ1) is 8.79. The Labute approximate surface area is 114 Å². The predicted molar refractivity (Wildman–Crippen MR) is 84.8 cm³/mol. The van der Waals surface area contributed by atoms with Crippen LogP contribution in [0.4, 0.5) is 0 Å². The summed E-state index contributed by atoms with van der Waals surface area (Å²) in [6.07, 6.45) is 20.7. The van der Waals surface area contributed by atoms with Crippen LogP contribution in [0.25, 0.3) is 0 Å². The lowest BCUT2D eigenvalue weighted by atomic mass is 10.00. The summed E-state index contributed by atoms with van der Waals surface area (Å²) in [7, 11) is 0. The topological polar surface area (TPSA) is 0 Å². The second-order valence-electron chi connectivity index (χ2n) is 4.59. The van der Waals surface area contributed by atoms with Gasteiger partial charge in [-0.15, -0.1) is 0 Å². The smallest absolute Gasteiger partial charge is 0.0231 e. The van der Waals surface area contributed by atoms with Crippen LogP contribution in [0.5, 0.6) is 0 Å². The van der Waals surface area contributed by atoms with E-state index in [0.717, 1.165) is 6.42 Å². The molecule has 0 saturated carbocycles. The van der Waals surface area contributed by atoms with Crippen LogP contribution in [0.2, 0.25) is 0 Å². The molecule has 0 unspecified atom stereocenters. The molecular formula is C18H30. The summed E-state index contributed by atoms with van der Waals surface area (Å²) in [5, 5.41) is 0. The van der Waals surface area contributed by atoms with Crippen LogP contribution in [0.1, 0.15) is 66.2 Å². The quantitative estimate of drug-likeness (QED) is 0.414. The lowest BCUT2D eigenvalue weighted by molar-refractivity contribution is 0.795. The predicted octanol–water partition coefficient (Wildman–Crippen LogP) is 6.37. The van der Waals surface area contributed by atoms with E-state index in [1.165, 1.54) is 43.3 Å². The van der Waals surface area contributed by atoms with Gasteiger partial charge in [-0.3, -0.25) is 0 Å². The zero-order valence-electron chi connectivity index (χ0n) is 12.7. The standard InChI is InChI=1S/C18H30/c1-5-9-12-16-18(15-11-7-3)17(13-8-4)14-10-6-2/h8,11-13,15-16H,5-7,9-10,14H2,1-4H3. The van der Waals surface area contributed by atoms with Crippen molar-refractivity contribution in [1.29, 1.82) is 0 Å². The third-order valence-electron chi connectivity index (χ3n) is 2.82. The summed E-state index contributed by atoms with van der Waals surface area (Å²) >= 11 is 0. The van der Waals surface area contributed by atoms with Crippen LogP contribution in [-0.2, 0) is 0 Å². The second kappa shape index (κ2) is 12.4. The largest absolute Gasteiger partial charge is 0.0874 e. The Kier molecular flexibility index (Phi) is 11.7. The minimum Gasteiger partial charge on any atom is -0.0874 e. The van der Waals surface area contributed by atoms with Crippen molar-refractivity contribution < 1.29 is 0 Å². The van der Waals surface area contributed by atoms with E-state index in [1.54, 1.807) is 0 Å². The van der Waals surface area contributed by atoms with E-state index in [0.29, 0.717) is 0 Å². The molecule has 0 radical (unpaired) electrons. The van der Waals surface area contributed by atoms with Gasteiger partial charge in [0, 0.05) is 0 Å². The number of rotatable bonds is 9. The van der Waals surface area contributed by atoms with E-state index >= 15 is 0 Å². The Balaban J connectivity index is 5.05. The number of unbranched alkanes of at least 4 members (excludes halogenated alkanes) is 2. The molecule has 0 heteroatoms. The molecule has 0 atom stereocenters. The molecule has 0 aliphatic rings. The van der Waals surface area contributed by atoms with Crippen molar-refractivity contribution in [1.82, 2.24) is 0 Å². The number of allylic oxidation sites excluding steroid dienone is 8. The Hall–Kier alpha value is -1.04. The summed E-state index contributed by atoms with van der Waals surface area (Å²) in [5.41, 5.74) is 2.85. The second-order valence-corrected chi connectivity index (χ2v) is 4.59. The van der Waals surface area contributed by atoms with Gasteiger partial charge in [-0.25, -0.2) is 0 Å². The fourth-order valence-corrected chi connectivity index (χ4v) is 1.78. The average Bonchev–Trinajstić information content (AvgIpc) is 2.39. The third kappa shape index (κ3) is 8.11. The van der Waals surface area contributed by atoms with Crippen LogP contribution in [-0.4, -0.2) is 0 Å². The fourth-order valence-electron chi connectivity index (χ4n) is 1.78. The maximum atomic E-state index is 2.30. The Morgan fingerprint density at radius 1 is 0.889 bits per heavy atom. The van der Waals surface area contributed by atoms with Gasteiger partial charge in [-0.1, -0.05) is 70.1 Å². The molecule has 0 amide bonds. The maximum absolute atomic E-state index is 2.30. The van der Waals surface area contributed by atoms with Crippen molar-refractivity contribution in [2.24, 2.45) is 0 Å². The first-order valence-corrected chi connectivity index (χ1v) is 7.48. The normalized spacial score (nSPS) is 14.0. The first-order valence-electron chi connectivity index (χ1n) is 7.48. The van der Waals surface area contributed by atoms with Crippen LogP contribution in [0.3, 0.4) is 0 Å². The lowest BCUT2D eigenvalue weighted by Gasteiger charge is -2.06. The monoisotopic (exact) mass is 246 g/mol. The van der Waals surface area contributed by atoms with Crippen LogP contribution in [0, 0.1) is 0 Å². The number of hydrogen-bond acceptors (Lipinski definition) is 0. The molecule has 102 valence electrons. The van der Waals surface area contributed by atoms with Gasteiger partial charge >= 0.3 is 0 Å². The molecule has 0 saturated heterocycles. The van der Waals surface area contributed by atoms with Gasteiger partial charge in [0.2, 0.25) is 0 Å². The third-order valence-corrected chi connectivity index (χ3v) is 2.82. The van der Waals surface area contributed by atoms with Crippen molar-refractivity contribution in [3.8, 4) is 0 Å². The summed E-state index contributed by atoms with van der Waals surface area (Å²) in [4.78, 5) is 0. The molecule has 0 aromatic heterocycles. The average molecular weight is 246 g/mol. The van der Waals surface area contributed by atoms with Crippen LogP contribution in [0.15, 0.2) is 47.6 Å². The highest BCUT2D eigenvalue weighted by Gasteiger charge is 1.98. The van der Waals surface area contributed by atoms with Crippen LogP contribution >= 0.6 is 0 Å². The van der Waals surface area contributed by atoms with E-state index in [-0.39, 0.29) is 0 Å². The van der Waals surface area contributed by atoms with Crippen molar-refractivity contribution in [2.45, 2.75) is 66.2 Å². The molecule has 0 rings (SSSR count). The van der Waals surface area contributed by atoms with Gasteiger partial charge in [-0.05, 0) is 43.8 Å². The minimum absolute atomic E-state index is 1.10. The highest BCUT2D eigenvalue weighted by atomic mass is 14.0. The van der Waals surface area contributed by atoms with Crippen molar-refractivity contribution in [3.05, 3.63) is 47.6 Å². The molecule has 0 spiro atoms. The van der Waals surface area contributed by atoms with E-state index in [1.807, 2.05) is 0 Å². The van der Waals surface area contributed by atoms with E-state index in [4.69, 9.17) is 0 Å². The highest BCUT2D eigenvalue weighted by molar-refractivity contribution is 5.40. The Morgan fingerprint density at radius 2 is 1.61 bits per heavy atom. The zero-order chi connectivity index (χ0) is 13.6. The Morgan fingerprint density at radius 3 is 2.17 bits per heavy atom. The molecule has 0 bridgehead atoms. The van der Waals surface area contributed by atoms with Crippen molar-refractivity contribution in [2.75, 3.05) is 0 Å². The summed E-state index contributed by atoms with van der Waals surface area (Å²) < 4.78 is 0. The van der Waals surface area contributed by atoms with E-state index < -0.39 is 0 Å². The van der Waals surface area contributed by atoms with Gasteiger partial charge in [0.05, 0.1) is 0 Å². The lowest BCUT2D eigenvalue weighted by Crippen LogP contribution is -1.86. The van der Waals surface area contributed by atoms with E-state index in [9.17, 15) is 0 Å². The van der Waals surface area contributed by atoms with E-state index in [2.05, 4.69) is 64.2 Å². The number of hydrogen-bond donors (Lipinski definition) is 0. The fraction of sp³-hybridized carbons (Fsp3) is 0.556. The minimum atomic E-state index is 1.10. The van der Waals surface area contributed by atoms with Gasteiger partial charge in [-0.2, -0.15) is 0 Å². The zero-order valence-corrected chi connectivity index (χ0v) is 12.7. The summed E-state index contributed by atoms with van der Waals surface area (Å²) in [5.74, 6) is 0. The molecule has 0 N–H and O–H groups in total. The molecule has 0 nitrogen and oxygen atoms in total. The van der Waals surface area contributed by atoms with Gasteiger partial charge in [0.15, 0.2) is 0 Å². The summed E-state index contributed by atoms with van der Waals surface area (Å²) in [6.45, 7) is 8.76. The molecule has 18 heavy (non-hydrogen) atoms. The SMILES string of the molecule is CC=CC(CCCC)=C(C=CCC)C=CCCC. The molecule has 0 heterocycles. The molecular weight excluding hydrogens is 216 g/mol.